The van der Waals surface area contributed by atoms with Crippen LogP contribution in [-0.2, 0) is 21.7 Å². The second kappa shape index (κ2) is 16.5. The summed E-state index contributed by atoms with van der Waals surface area (Å²) in [5.74, 6) is 0.417. The molecule has 0 radical (unpaired) electrons. The molecular formula is C32H36O4Ti. The molecule has 0 saturated heterocycles. The first kappa shape index (κ1) is 33.8. The normalized spacial score (nSPS) is 9.30. The van der Waals surface area contributed by atoms with Gasteiger partial charge in [-0.15, -0.1) is 23.0 Å². The average Bonchev–Trinajstić information content (AvgIpc) is 2.64. The molecule has 4 aromatic rings. The van der Waals surface area contributed by atoms with Crippen LogP contribution in [0.1, 0.15) is 44.5 Å². The maximum atomic E-state index is 10.7. The smallest absolute Gasteiger partial charge is 0.872 e. The van der Waals surface area contributed by atoms with Crippen LogP contribution in [0.3, 0.4) is 0 Å². The van der Waals surface area contributed by atoms with Crippen molar-refractivity contribution in [1.29, 1.82) is 0 Å². The molecule has 0 aliphatic rings. The molecule has 5 heteroatoms. The van der Waals surface area contributed by atoms with Gasteiger partial charge in [-0.1, -0.05) is 117 Å². The maximum Gasteiger partial charge on any atom is 4.00 e. The maximum absolute atomic E-state index is 10.7. The van der Waals surface area contributed by atoms with Gasteiger partial charge in [0.15, 0.2) is 0 Å². The van der Waals surface area contributed by atoms with Gasteiger partial charge in [0, 0.05) is 0 Å². The largest absolute Gasteiger partial charge is 4.00 e. The summed E-state index contributed by atoms with van der Waals surface area (Å²) in [6.45, 7) is 15.4. The fraction of sp³-hybridized carbons (Fsp3) is 0.250. The van der Waals surface area contributed by atoms with Crippen molar-refractivity contribution in [3.8, 4) is 23.0 Å². The third kappa shape index (κ3) is 15.5. The van der Waals surface area contributed by atoms with Crippen molar-refractivity contribution in [2.75, 3.05) is 0 Å². The van der Waals surface area contributed by atoms with Crippen LogP contribution in [0.4, 0.5) is 0 Å². The van der Waals surface area contributed by atoms with Gasteiger partial charge in [0.05, 0.1) is 0 Å². The van der Waals surface area contributed by atoms with Crippen LogP contribution in [0, 0.1) is 55.4 Å². The Balaban J connectivity index is 0.000000463. The number of benzene rings is 4. The predicted octanol–water partition coefficient (Wildman–Crippen LogP) is 5.51. The van der Waals surface area contributed by atoms with E-state index < -0.39 is 0 Å². The van der Waals surface area contributed by atoms with E-state index >= 15 is 0 Å². The Labute approximate surface area is 237 Å². The predicted molar refractivity (Wildman–Crippen MR) is 141 cm³/mol. The van der Waals surface area contributed by atoms with Gasteiger partial charge in [-0.25, -0.2) is 0 Å². The molecule has 4 rings (SSSR count). The summed E-state index contributed by atoms with van der Waals surface area (Å²) >= 11 is 0. The number of rotatable bonds is 0. The monoisotopic (exact) mass is 532 g/mol. The summed E-state index contributed by atoms with van der Waals surface area (Å²) < 4.78 is 0. The van der Waals surface area contributed by atoms with Gasteiger partial charge in [-0.05, 0) is 55.4 Å². The first-order valence-electron chi connectivity index (χ1n) is 11.7. The van der Waals surface area contributed by atoms with E-state index in [1.807, 2.05) is 79.7 Å². The third-order valence-corrected chi connectivity index (χ3v) is 4.78. The molecule has 0 fully saturated rings. The number of aryl methyl sites for hydroxylation is 8. The van der Waals surface area contributed by atoms with Gasteiger partial charge in [-0.2, -0.15) is 0 Å². The molecule has 0 atom stereocenters. The summed E-state index contributed by atoms with van der Waals surface area (Å²) in [6.07, 6.45) is 0. The van der Waals surface area contributed by atoms with Crippen molar-refractivity contribution in [3.05, 3.63) is 117 Å². The average molecular weight is 533 g/mol. The first-order chi connectivity index (χ1) is 16.7. The molecule has 0 spiro atoms. The van der Waals surface area contributed by atoms with Crippen molar-refractivity contribution in [2.45, 2.75) is 55.4 Å². The second-order valence-electron chi connectivity index (χ2n) is 9.29. The van der Waals surface area contributed by atoms with Crippen molar-refractivity contribution in [1.82, 2.24) is 0 Å². The van der Waals surface area contributed by atoms with E-state index in [0.717, 1.165) is 44.5 Å². The van der Waals surface area contributed by atoms with Crippen LogP contribution >= 0.6 is 0 Å². The van der Waals surface area contributed by atoms with Crippen molar-refractivity contribution < 1.29 is 42.1 Å². The Hall–Kier alpha value is -3.21. The minimum Gasteiger partial charge on any atom is -0.872 e. The minimum atomic E-state index is 0. The van der Waals surface area contributed by atoms with Crippen LogP contribution in [0.5, 0.6) is 23.0 Å². The molecule has 0 heterocycles. The molecule has 0 aliphatic heterocycles. The topological polar surface area (TPSA) is 92.2 Å². The quantitative estimate of drug-likeness (QED) is 0.280. The Kier molecular flexibility index (Phi) is 15.1. The Morgan fingerprint density at radius 2 is 0.378 bits per heavy atom. The van der Waals surface area contributed by atoms with Gasteiger partial charge >= 0.3 is 21.7 Å². The fourth-order valence-corrected chi connectivity index (χ4v) is 3.73. The van der Waals surface area contributed by atoms with E-state index in [2.05, 4.69) is 0 Å². The van der Waals surface area contributed by atoms with Crippen LogP contribution in [0.2, 0.25) is 0 Å². The van der Waals surface area contributed by atoms with Gasteiger partial charge in [-0.3, -0.25) is 0 Å². The Bertz CT molecular complexity index is 866. The van der Waals surface area contributed by atoms with Crippen LogP contribution < -0.4 is 20.4 Å². The summed E-state index contributed by atoms with van der Waals surface area (Å²) in [5, 5.41) is 42.8. The van der Waals surface area contributed by atoms with Crippen LogP contribution in [0.15, 0.2) is 72.8 Å². The molecule has 0 bridgehead atoms. The zero-order valence-electron chi connectivity index (χ0n) is 23.1. The SMILES string of the molecule is Cc1cc(C)cc([O-])c1.Cc1cc(C)cc([O-])c1.Cc1cc(C)cc([O-])c1.Cc1cc(C)cc([O-])c1.[Ti+4]. The molecule has 0 saturated carbocycles. The molecular weight excluding hydrogens is 496 g/mol. The Morgan fingerprint density at radius 1 is 0.270 bits per heavy atom. The minimum absolute atomic E-state index is 0. The van der Waals surface area contributed by atoms with Gasteiger partial charge in [0.25, 0.3) is 0 Å². The molecule has 192 valence electrons. The fourth-order valence-electron chi connectivity index (χ4n) is 3.73. The zero-order valence-corrected chi connectivity index (χ0v) is 24.6. The van der Waals surface area contributed by atoms with E-state index in [4.69, 9.17) is 0 Å². The van der Waals surface area contributed by atoms with Gasteiger partial charge in [0.1, 0.15) is 0 Å². The van der Waals surface area contributed by atoms with Crippen LogP contribution in [-0.4, -0.2) is 0 Å². The van der Waals surface area contributed by atoms with Gasteiger partial charge < -0.3 is 20.4 Å². The van der Waals surface area contributed by atoms with Crippen LogP contribution in [0.25, 0.3) is 0 Å². The standard InChI is InChI=1S/4C8H10O.Ti/c4*1-6-3-7(2)5-8(9)4-6;/h4*3-5,9H,1-2H3;/q;;;;+4/p-4. The number of hydrogen-bond donors (Lipinski definition) is 0. The summed E-state index contributed by atoms with van der Waals surface area (Å²) in [5.41, 5.74) is 8.33. The molecule has 4 nitrogen and oxygen atoms in total. The van der Waals surface area contributed by atoms with E-state index in [1.54, 1.807) is 48.5 Å². The summed E-state index contributed by atoms with van der Waals surface area (Å²) in [7, 11) is 0. The molecule has 0 aromatic heterocycles. The molecule has 0 unspecified atom stereocenters. The van der Waals surface area contributed by atoms with E-state index in [-0.39, 0.29) is 44.7 Å². The van der Waals surface area contributed by atoms with E-state index in [0.29, 0.717) is 0 Å². The zero-order chi connectivity index (χ0) is 27.4. The third-order valence-electron chi connectivity index (χ3n) is 4.78. The summed E-state index contributed by atoms with van der Waals surface area (Å²) in [6, 6.07) is 21.0. The van der Waals surface area contributed by atoms with E-state index in [9.17, 15) is 20.4 Å². The summed E-state index contributed by atoms with van der Waals surface area (Å²) in [4.78, 5) is 0. The molecule has 37 heavy (non-hydrogen) atoms. The molecule has 0 aliphatic carbocycles. The molecule has 0 N–H and O–H groups in total. The first-order valence-corrected chi connectivity index (χ1v) is 11.7. The van der Waals surface area contributed by atoms with Crippen molar-refractivity contribution >= 4 is 0 Å². The molecule has 0 amide bonds. The van der Waals surface area contributed by atoms with Crippen molar-refractivity contribution in [2.24, 2.45) is 0 Å². The molecule has 4 aromatic carbocycles. The number of hydrogen-bond acceptors (Lipinski definition) is 4. The van der Waals surface area contributed by atoms with Gasteiger partial charge in [0.2, 0.25) is 0 Å². The second-order valence-corrected chi connectivity index (χ2v) is 9.29. The van der Waals surface area contributed by atoms with E-state index in [1.165, 1.54) is 0 Å². The Morgan fingerprint density at radius 3 is 0.459 bits per heavy atom. The van der Waals surface area contributed by atoms with Crippen molar-refractivity contribution in [3.63, 3.8) is 0 Å².